The standard InChI is InChI=1S/2C3H7NS2.Te/c2*1-4(2)3(5)6;/h2*1-2H3,(H,5,6);. The Morgan fingerprint density at radius 3 is 0.923 bits per heavy atom. The Labute approximate surface area is 119 Å². The van der Waals surface area contributed by atoms with Gasteiger partial charge in [0.25, 0.3) is 0 Å². The molecule has 0 amide bonds. The number of thiol groups is 2. The molecule has 0 aromatic rings. The van der Waals surface area contributed by atoms with Crippen molar-refractivity contribution in [3.8, 4) is 0 Å². The van der Waals surface area contributed by atoms with E-state index in [4.69, 9.17) is 0 Å². The average Bonchev–Trinajstić information content (AvgIpc) is 1.88. The fraction of sp³-hybridized carbons (Fsp3) is 0.667. The molecule has 0 spiro atoms. The predicted octanol–water partition coefficient (Wildman–Crippen LogP) is 1.14. The second-order valence-corrected chi connectivity index (χ2v) is 4.58. The molecule has 0 saturated heterocycles. The first-order valence-electron chi connectivity index (χ1n) is 3.09. The van der Waals surface area contributed by atoms with Crippen LogP contribution in [-0.4, -0.2) is 70.3 Å². The Kier molecular flexibility index (Phi) is 17.3. The van der Waals surface area contributed by atoms with Gasteiger partial charge in [-0.3, -0.25) is 0 Å². The van der Waals surface area contributed by atoms with Crippen LogP contribution in [0.1, 0.15) is 0 Å². The zero-order chi connectivity index (χ0) is 10.3. The predicted molar refractivity (Wildman–Crippen MR) is 76.3 cm³/mol. The quantitative estimate of drug-likeness (QED) is 0.375. The average molecular weight is 370 g/mol. The molecule has 0 aliphatic heterocycles. The Hall–Kier alpha value is 1.27. The van der Waals surface area contributed by atoms with Crippen LogP contribution < -0.4 is 0 Å². The molecule has 78 valence electrons. The monoisotopic (exact) mass is 372 g/mol. The van der Waals surface area contributed by atoms with Gasteiger partial charge in [-0.25, -0.2) is 0 Å². The Morgan fingerprint density at radius 2 is 0.923 bits per heavy atom. The van der Waals surface area contributed by atoms with E-state index < -0.39 is 0 Å². The molecule has 13 heavy (non-hydrogen) atoms. The van der Waals surface area contributed by atoms with Crippen molar-refractivity contribution in [2.75, 3.05) is 28.2 Å². The SMILES string of the molecule is CN(C)C(=S)S.CN(C)C(=S)S.[Te]. The first-order chi connectivity index (χ1) is 5.29. The minimum absolute atomic E-state index is 0. The molecule has 0 aromatic carbocycles. The summed E-state index contributed by atoms with van der Waals surface area (Å²) in [6, 6.07) is 0. The van der Waals surface area contributed by atoms with E-state index in [9.17, 15) is 0 Å². The molecule has 0 fully saturated rings. The van der Waals surface area contributed by atoms with E-state index in [1.165, 1.54) is 0 Å². The van der Waals surface area contributed by atoms with Crippen LogP contribution in [0.5, 0.6) is 0 Å². The van der Waals surface area contributed by atoms with Gasteiger partial charge in [-0.05, 0) is 0 Å². The van der Waals surface area contributed by atoms with Crippen molar-refractivity contribution in [1.29, 1.82) is 0 Å². The van der Waals surface area contributed by atoms with Crippen LogP contribution in [0.15, 0.2) is 0 Å². The van der Waals surface area contributed by atoms with Crippen LogP contribution in [-0.2, 0) is 0 Å². The topological polar surface area (TPSA) is 6.48 Å². The molecular formula is C6H14N2S4Te. The molecule has 0 rings (SSSR count). The smallest absolute Gasteiger partial charge is 0.132 e. The van der Waals surface area contributed by atoms with Crippen molar-refractivity contribution in [2.45, 2.75) is 0 Å². The third kappa shape index (κ3) is 19.6. The molecule has 0 heterocycles. The molecule has 2 radical (unpaired) electrons. The van der Waals surface area contributed by atoms with Gasteiger partial charge in [0, 0.05) is 51.9 Å². The summed E-state index contributed by atoms with van der Waals surface area (Å²) in [5.74, 6) is 0. The van der Waals surface area contributed by atoms with E-state index in [0.29, 0.717) is 8.64 Å². The minimum Gasteiger partial charge on any atom is -0.364 e. The van der Waals surface area contributed by atoms with Crippen molar-refractivity contribution in [3.63, 3.8) is 0 Å². The van der Waals surface area contributed by atoms with Gasteiger partial charge in [0.2, 0.25) is 0 Å². The molecule has 0 aromatic heterocycles. The van der Waals surface area contributed by atoms with Gasteiger partial charge >= 0.3 is 0 Å². The van der Waals surface area contributed by atoms with Crippen molar-refractivity contribution >= 4 is 82.0 Å². The summed E-state index contributed by atoms with van der Waals surface area (Å²) in [5.41, 5.74) is 0. The molecular weight excluding hydrogens is 356 g/mol. The minimum atomic E-state index is 0. The zero-order valence-corrected chi connectivity index (χ0v) is 13.8. The second-order valence-electron chi connectivity index (χ2n) is 2.35. The molecule has 0 atom stereocenters. The summed E-state index contributed by atoms with van der Waals surface area (Å²) in [4.78, 5) is 3.52. The maximum Gasteiger partial charge on any atom is 0.132 e. The number of hydrogen-bond donors (Lipinski definition) is 2. The van der Waals surface area contributed by atoms with Gasteiger partial charge in [0.05, 0.1) is 0 Å². The van der Waals surface area contributed by atoms with Gasteiger partial charge < -0.3 is 9.80 Å². The fourth-order valence-corrected chi connectivity index (χ4v) is 0. The molecule has 0 aliphatic rings. The molecule has 0 saturated carbocycles. The van der Waals surface area contributed by atoms with Crippen molar-refractivity contribution < 1.29 is 0 Å². The van der Waals surface area contributed by atoms with Crippen LogP contribution in [0.3, 0.4) is 0 Å². The van der Waals surface area contributed by atoms with Crippen molar-refractivity contribution in [1.82, 2.24) is 9.80 Å². The van der Waals surface area contributed by atoms with Gasteiger partial charge in [-0.2, -0.15) is 0 Å². The number of thiocarbonyl (C=S) groups is 2. The maximum absolute atomic E-state index is 4.61. The van der Waals surface area contributed by atoms with E-state index in [0.717, 1.165) is 0 Å². The number of rotatable bonds is 0. The van der Waals surface area contributed by atoms with E-state index >= 15 is 0 Å². The summed E-state index contributed by atoms with van der Waals surface area (Å²) in [5, 5.41) is 0. The van der Waals surface area contributed by atoms with E-state index in [2.05, 4.69) is 49.7 Å². The maximum atomic E-state index is 4.61. The van der Waals surface area contributed by atoms with Gasteiger partial charge in [-0.15, -0.1) is 25.3 Å². The largest absolute Gasteiger partial charge is 0.364 e. The summed E-state index contributed by atoms with van der Waals surface area (Å²) in [7, 11) is 7.43. The molecule has 0 N–H and O–H groups in total. The van der Waals surface area contributed by atoms with Crippen molar-refractivity contribution in [3.05, 3.63) is 0 Å². The Morgan fingerprint density at radius 1 is 0.846 bits per heavy atom. The van der Waals surface area contributed by atoms with Crippen LogP contribution in [0, 0.1) is 0 Å². The molecule has 0 unspecified atom stereocenters. The summed E-state index contributed by atoms with van der Waals surface area (Å²) in [6.07, 6.45) is 0. The molecule has 2 nitrogen and oxygen atoms in total. The zero-order valence-electron chi connectivity index (χ0n) is 8.01. The summed E-state index contributed by atoms with van der Waals surface area (Å²) < 4.78 is 1.24. The second kappa shape index (κ2) is 11.3. The Bertz CT molecular complexity index is 143. The normalized spacial score (nSPS) is 7.23. The van der Waals surface area contributed by atoms with Gasteiger partial charge in [-0.1, -0.05) is 24.4 Å². The van der Waals surface area contributed by atoms with Crippen LogP contribution >= 0.6 is 49.7 Å². The van der Waals surface area contributed by atoms with E-state index in [1.807, 2.05) is 28.2 Å². The van der Waals surface area contributed by atoms with Crippen LogP contribution in [0.4, 0.5) is 0 Å². The third-order valence-corrected chi connectivity index (χ3v) is 2.30. The summed E-state index contributed by atoms with van der Waals surface area (Å²) >= 11 is 16.9. The van der Waals surface area contributed by atoms with Crippen LogP contribution in [0.2, 0.25) is 0 Å². The van der Waals surface area contributed by atoms with E-state index in [-0.39, 0.29) is 23.7 Å². The van der Waals surface area contributed by atoms with Crippen LogP contribution in [0.25, 0.3) is 0 Å². The molecule has 0 aliphatic carbocycles. The third-order valence-electron chi connectivity index (χ3n) is 0.765. The van der Waals surface area contributed by atoms with E-state index in [1.54, 1.807) is 9.80 Å². The van der Waals surface area contributed by atoms with Gasteiger partial charge in [0.15, 0.2) is 0 Å². The van der Waals surface area contributed by atoms with Gasteiger partial charge in [0.1, 0.15) is 8.64 Å². The number of hydrogen-bond acceptors (Lipinski definition) is 2. The Balaban J connectivity index is -0.000000143. The summed E-state index contributed by atoms with van der Waals surface area (Å²) in [6.45, 7) is 0. The fourth-order valence-electron chi connectivity index (χ4n) is 0. The first-order valence-corrected chi connectivity index (χ1v) is 4.80. The first kappa shape index (κ1) is 19.8. The molecule has 0 bridgehead atoms. The number of nitrogens with zero attached hydrogens (tertiary/aromatic N) is 2. The van der Waals surface area contributed by atoms with Crippen molar-refractivity contribution in [2.24, 2.45) is 0 Å². The molecule has 7 heteroatoms.